The molecule has 4 aromatic carbocycles. The molecule has 0 saturated heterocycles. The Morgan fingerprint density at radius 3 is 2.39 bits per heavy atom. The quantitative estimate of drug-likeness (QED) is 0.206. The molecule has 6 aromatic rings. The predicted molar refractivity (Wildman–Crippen MR) is 187 cm³/mol. The number of aryl methyl sites for hydroxylation is 1. The number of ether oxygens (including phenoxy) is 1. The van der Waals surface area contributed by atoms with Crippen LogP contribution in [0.15, 0.2) is 99.9 Å². The Kier molecular flexibility index (Phi) is 7.61. The van der Waals surface area contributed by atoms with E-state index in [-0.39, 0.29) is 11.5 Å². The van der Waals surface area contributed by atoms with E-state index < -0.39 is 6.04 Å². The molecule has 0 unspecified atom stereocenters. The average Bonchev–Trinajstić information content (AvgIpc) is 3.56. The molecule has 0 bridgehead atoms. The number of likely N-dealkylation sites (N-methyl/N-ethyl adjacent to an activating group) is 1. The Morgan fingerprint density at radius 1 is 0.935 bits per heavy atom. The molecule has 1 aliphatic rings. The molecule has 0 N–H and O–H groups in total. The Bertz CT molecular complexity index is 2390. The van der Waals surface area contributed by atoms with E-state index in [9.17, 15) is 9.59 Å². The molecule has 0 fully saturated rings. The highest BCUT2D eigenvalue weighted by atomic mass is 32.1. The highest BCUT2D eigenvalue weighted by Crippen LogP contribution is 2.40. The van der Waals surface area contributed by atoms with Gasteiger partial charge < -0.3 is 14.2 Å². The second-order valence-electron chi connectivity index (χ2n) is 11.5. The van der Waals surface area contributed by atoms with Crippen LogP contribution >= 0.6 is 11.3 Å². The van der Waals surface area contributed by atoms with Gasteiger partial charge in [-0.1, -0.05) is 65.9 Å². The minimum absolute atomic E-state index is 0.127. The van der Waals surface area contributed by atoms with Gasteiger partial charge in [-0.3, -0.25) is 14.2 Å². The first kappa shape index (κ1) is 29.7. The summed E-state index contributed by atoms with van der Waals surface area (Å²) in [5, 5.41) is 4.28. The first-order chi connectivity index (χ1) is 22.4. The molecule has 1 aliphatic heterocycles. The van der Waals surface area contributed by atoms with Crippen LogP contribution in [0.3, 0.4) is 0 Å². The van der Waals surface area contributed by atoms with Gasteiger partial charge in [-0.15, -0.1) is 0 Å². The van der Waals surface area contributed by atoms with Crippen molar-refractivity contribution in [2.75, 3.05) is 20.2 Å². The van der Waals surface area contributed by atoms with Gasteiger partial charge in [-0.25, -0.2) is 4.99 Å². The van der Waals surface area contributed by atoms with E-state index in [2.05, 4.69) is 54.0 Å². The van der Waals surface area contributed by atoms with E-state index in [1.807, 2.05) is 63.2 Å². The smallest absolute Gasteiger partial charge is 0.271 e. The Balaban J connectivity index is 1.49. The summed E-state index contributed by atoms with van der Waals surface area (Å²) in [7, 11) is 1.63. The SMILES string of the molecule is CCN(CC)C(=O)C1=C(C)N=c2s/c(=C/c3ccc4c(c3)c3ccccc3n4CC)c(=O)n2[C@H]1c1c(OC)ccc2ccccc12. The summed E-state index contributed by atoms with van der Waals surface area (Å²) in [4.78, 5) is 36.0. The average molecular weight is 629 g/mol. The number of nitrogens with zero attached hydrogens (tertiary/aromatic N) is 4. The van der Waals surface area contributed by atoms with Crippen molar-refractivity contribution < 1.29 is 9.53 Å². The van der Waals surface area contributed by atoms with Crippen LogP contribution in [0.5, 0.6) is 5.75 Å². The lowest BCUT2D eigenvalue weighted by molar-refractivity contribution is -0.127. The van der Waals surface area contributed by atoms with Crippen LogP contribution in [0, 0.1) is 0 Å². The van der Waals surface area contributed by atoms with Gasteiger partial charge in [0, 0.05) is 47.0 Å². The zero-order valence-corrected chi connectivity index (χ0v) is 27.5. The van der Waals surface area contributed by atoms with Crippen molar-refractivity contribution in [3.63, 3.8) is 0 Å². The molecule has 2 aromatic heterocycles. The largest absolute Gasteiger partial charge is 0.496 e. The summed E-state index contributed by atoms with van der Waals surface area (Å²) in [6, 6.07) is 26.0. The van der Waals surface area contributed by atoms with Crippen molar-refractivity contribution in [1.29, 1.82) is 0 Å². The standard InChI is InChI=1S/C38H36N4O3S/c1-6-40(7-2)37(44)33-23(4)39-38-42(35(33)34-26-14-10-9-13-25(26)18-20-31(34)45-5)36(43)32(46-38)22-24-17-19-30-28(21-24)27-15-11-12-16-29(27)41(30)8-3/h9-22,35H,6-8H2,1-5H3/b32-22+/t35-/m1/s1. The van der Waals surface area contributed by atoms with Gasteiger partial charge in [0.25, 0.3) is 11.5 Å². The monoisotopic (exact) mass is 628 g/mol. The van der Waals surface area contributed by atoms with Crippen LogP contribution in [0.25, 0.3) is 38.7 Å². The third-order valence-corrected chi connectivity index (χ3v) is 10.1. The van der Waals surface area contributed by atoms with Crippen molar-refractivity contribution in [3.8, 4) is 5.75 Å². The third-order valence-electron chi connectivity index (χ3n) is 9.14. The summed E-state index contributed by atoms with van der Waals surface area (Å²) in [5.41, 5.74) is 5.00. The summed E-state index contributed by atoms with van der Waals surface area (Å²) in [6.45, 7) is 9.93. The Morgan fingerprint density at radius 2 is 1.65 bits per heavy atom. The summed E-state index contributed by atoms with van der Waals surface area (Å²) >= 11 is 1.35. The van der Waals surface area contributed by atoms with Crippen molar-refractivity contribution in [1.82, 2.24) is 14.0 Å². The first-order valence-electron chi connectivity index (χ1n) is 15.8. The lowest BCUT2D eigenvalue weighted by Crippen LogP contribution is -2.43. The number of allylic oxidation sites excluding steroid dienone is 1. The molecule has 7 rings (SSSR count). The van der Waals surface area contributed by atoms with Crippen LogP contribution in [-0.2, 0) is 11.3 Å². The van der Waals surface area contributed by atoms with Crippen LogP contribution < -0.4 is 19.6 Å². The fourth-order valence-electron chi connectivity index (χ4n) is 6.94. The molecule has 0 aliphatic carbocycles. The molecule has 1 amide bonds. The van der Waals surface area contributed by atoms with E-state index in [4.69, 9.17) is 9.73 Å². The van der Waals surface area contributed by atoms with Gasteiger partial charge in [0.05, 0.1) is 22.9 Å². The minimum Gasteiger partial charge on any atom is -0.496 e. The van der Waals surface area contributed by atoms with Gasteiger partial charge in [0.1, 0.15) is 11.8 Å². The zero-order valence-electron chi connectivity index (χ0n) is 26.7. The number of methoxy groups -OCH3 is 1. The molecular weight excluding hydrogens is 593 g/mol. The predicted octanol–water partition coefficient (Wildman–Crippen LogP) is 6.39. The molecule has 232 valence electrons. The lowest BCUT2D eigenvalue weighted by Gasteiger charge is -2.30. The Hall–Kier alpha value is -4.95. The van der Waals surface area contributed by atoms with Crippen molar-refractivity contribution in [2.45, 2.75) is 40.3 Å². The fraction of sp³-hybridized carbons (Fsp3) is 0.237. The van der Waals surface area contributed by atoms with Gasteiger partial charge >= 0.3 is 0 Å². The normalized spacial score (nSPS) is 15.1. The van der Waals surface area contributed by atoms with E-state index >= 15 is 0 Å². The first-order valence-corrected chi connectivity index (χ1v) is 16.6. The van der Waals surface area contributed by atoms with E-state index in [0.717, 1.165) is 33.8 Å². The minimum atomic E-state index is -0.711. The second-order valence-corrected chi connectivity index (χ2v) is 12.5. The van der Waals surface area contributed by atoms with Crippen molar-refractivity contribution >= 4 is 55.9 Å². The highest BCUT2D eigenvalue weighted by molar-refractivity contribution is 7.07. The lowest BCUT2D eigenvalue weighted by atomic mass is 9.90. The number of benzene rings is 4. The number of aromatic nitrogens is 2. The van der Waals surface area contributed by atoms with Gasteiger partial charge in [0.15, 0.2) is 4.80 Å². The second kappa shape index (κ2) is 11.8. The van der Waals surface area contributed by atoms with Crippen LogP contribution in [0.2, 0.25) is 0 Å². The van der Waals surface area contributed by atoms with E-state index in [1.165, 1.54) is 27.8 Å². The molecule has 46 heavy (non-hydrogen) atoms. The molecule has 0 radical (unpaired) electrons. The van der Waals surface area contributed by atoms with E-state index in [1.54, 1.807) is 16.6 Å². The fourth-order valence-corrected chi connectivity index (χ4v) is 7.98. The van der Waals surface area contributed by atoms with Crippen molar-refractivity contribution in [3.05, 3.63) is 121 Å². The number of hydrogen-bond donors (Lipinski definition) is 0. The summed E-state index contributed by atoms with van der Waals surface area (Å²) < 4.78 is 10.5. The maximum atomic E-state index is 14.5. The number of hydrogen-bond acceptors (Lipinski definition) is 5. The number of para-hydroxylation sites is 1. The number of amides is 1. The molecule has 0 spiro atoms. The number of fused-ring (bicyclic) bond motifs is 5. The highest BCUT2D eigenvalue weighted by Gasteiger charge is 2.36. The van der Waals surface area contributed by atoms with Crippen LogP contribution in [-0.4, -0.2) is 40.1 Å². The number of thiazole rings is 1. The maximum Gasteiger partial charge on any atom is 0.271 e. The van der Waals surface area contributed by atoms with Gasteiger partial charge in [0.2, 0.25) is 0 Å². The van der Waals surface area contributed by atoms with Crippen LogP contribution in [0.1, 0.15) is 44.9 Å². The molecule has 3 heterocycles. The molecule has 1 atom stereocenters. The Labute approximate surface area is 271 Å². The summed E-state index contributed by atoms with van der Waals surface area (Å²) in [5.74, 6) is 0.494. The third kappa shape index (κ3) is 4.58. The van der Waals surface area contributed by atoms with Gasteiger partial charge in [-0.05, 0) is 74.4 Å². The number of carbonyl (C=O) groups is 1. The van der Waals surface area contributed by atoms with Crippen LogP contribution in [0.4, 0.5) is 0 Å². The van der Waals surface area contributed by atoms with Crippen molar-refractivity contribution in [2.24, 2.45) is 4.99 Å². The number of carbonyl (C=O) groups excluding carboxylic acids is 1. The maximum absolute atomic E-state index is 14.5. The molecule has 8 heteroatoms. The van der Waals surface area contributed by atoms with Gasteiger partial charge in [-0.2, -0.15) is 0 Å². The zero-order chi connectivity index (χ0) is 32.1. The molecule has 0 saturated carbocycles. The molecular formula is C38H36N4O3S. The molecule has 7 nitrogen and oxygen atoms in total. The topological polar surface area (TPSA) is 68.8 Å². The number of rotatable bonds is 7. The van der Waals surface area contributed by atoms with E-state index in [0.29, 0.717) is 39.4 Å². The summed E-state index contributed by atoms with van der Waals surface area (Å²) in [6.07, 6.45) is 1.95.